The van der Waals surface area contributed by atoms with Gasteiger partial charge in [-0.05, 0) is 53.5 Å². The molecular weight excluding hydrogens is 382 g/mol. The molecule has 0 amide bonds. The predicted octanol–water partition coefficient (Wildman–Crippen LogP) is 5.98. The van der Waals surface area contributed by atoms with E-state index in [0.717, 1.165) is 11.8 Å². The Hall–Kier alpha value is -3.38. The minimum atomic E-state index is -0.489. The fraction of sp³-hybridized carbons (Fsp3) is 0.409. The fourth-order valence-electron chi connectivity index (χ4n) is 4.18. The molecule has 0 atom stereocenters. The summed E-state index contributed by atoms with van der Waals surface area (Å²) in [6, 6.07) is 10.7. The van der Waals surface area contributed by atoms with E-state index in [1.165, 1.54) is 49.3 Å². The van der Waals surface area contributed by atoms with E-state index in [1.807, 2.05) is 6.07 Å². The molecule has 0 bridgehead atoms. The molecule has 156 valence electrons. The number of benzene rings is 2. The van der Waals surface area contributed by atoms with Gasteiger partial charge in [0.05, 0.1) is 4.92 Å². The van der Waals surface area contributed by atoms with Gasteiger partial charge in [0, 0.05) is 29.6 Å². The number of nitro benzene ring substituents is 1. The van der Waals surface area contributed by atoms with Gasteiger partial charge in [0.15, 0.2) is 0 Å². The summed E-state index contributed by atoms with van der Waals surface area (Å²) in [6.45, 7) is 0.520. The Morgan fingerprint density at radius 2 is 2.00 bits per heavy atom. The third kappa shape index (κ3) is 5.36. The molecule has 2 aromatic rings. The van der Waals surface area contributed by atoms with Gasteiger partial charge in [-0.15, -0.1) is 0 Å². The molecule has 30 heavy (non-hydrogen) atoms. The number of azide groups is 1. The molecule has 1 saturated carbocycles. The number of rotatable bonds is 9. The maximum absolute atomic E-state index is 11.4. The molecule has 0 unspecified atom stereocenters. The minimum absolute atomic E-state index is 0.123. The average Bonchev–Trinajstić information content (AvgIpc) is 2.76. The molecule has 0 saturated heterocycles. The number of aldehydes is 1. The van der Waals surface area contributed by atoms with Gasteiger partial charge in [-0.25, -0.2) is 0 Å². The number of carbonyl (C=O) groups excluding carboxylic acids is 1. The van der Waals surface area contributed by atoms with Crippen LogP contribution in [0.15, 0.2) is 41.5 Å². The van der Waals surface area contributed by atoms with Crippen molar-refractivity contribution in [3.05, 3.63) is 73.6 Å². The molecule has 0 radical (unpaired) electrons. The van der Waals surface area contributed by atoms with Crippen molar-refractivity contribution in [2.75, 3.05) is 11.9 Å². The molecule has 8 nitrogen and oxygen atoms in total. The van der Waals surface area contributed by atoms with Crippen molar-refractivity contribution < 1.29 is 9.72 Å². The Labute approximate surface area is 175 Å². The standard InChI is InChI=1S/C22H25N5O3/c23-26-25-19-7-9-21(22(15-19)27(29)30)24-12-10-18-14-16(11-13-28)6-8-20(18)17-4-2-1-3-5-17/h6-9,13-15,17,24H,1-5,10-12H2. The summed E-state index contributed by atoms with van der Waals surface area (Å²) in [4.78, 5) is 24.5. The molecule has 8 heteroatoms. The lowest BCUT2D eigenvalue weighted by atomic mass is 9.81. The summed E-state index contributed by atoms with van der Waals surface area (Å²) in [7, 11) is 0. The van der Waals surface area contributed by atoms with Gasteiger partial charge in [0.1, 0.15) is 12.0 Å². The van der Waals surface area contributed by atoms with Crippen LogP contribution in [0.4, 0.5) is 17.1 Å². The zero-order valence-corrected chi connectivity index (χ0v) is 16.8. The van der Waals surface area contributed by atoms with Gasteiger partial charge < -0.3 is 10.1 Å². The highest BCUT2D eigenvalue weighted by Gasteiger charge is 2.19. The van der Waals surface area contributed by atoms with E-state index in [4.69, 9.17) is 5.53 Å². The van der Waals surface area contributed by atoms with Crippen molar-refractivity contribution in [1.82, 2.24) is 0 Å². The SMILES string of the molecule is [N-]=[N+]=Nc1ccc(NCCc2cc(CC=O)ccc2C2CCCCC2)c([N+](=O)[O-])c1. The molecule has 1 aliphatic rings. The van der Waals surface area contributed by atoms with E-state index in [-0.39, 0.29) is 11.4 Å². The molecular formula is C22H25N5O3. The van der Waals surface area contributed by atoms with Crippen molar-refractivity contribution in [2.24, 2.45) is 5.11 Å². The number of carbonyl (C=O) groups is 1. The van der Waals surface area contributed by atoms with Crippen molar-refractivity contribution in [3.8, 4) is 0 Å². The van der Waals surface area contributed by atoms with Crippen LogP contribution in [-0.2, 0) is 17.6 Å². The van der Waals surface area contributed by atoms with Crippen LogP contribution in [0.2, 0.25) is 0 Å². The van der Waals surface area contributed by atoms with Gasteiger partial charge in [-0.2, -0.15) is 0 Å². The van der Waals surface area contributed by atoms with E-state index in [9.17, 15) is 14.9 Å². The number of hydrogen-bond acceptors (Lipinski definition) is 5. The average molecular weight is 407 g/mol. The first-order chi connectivity index (χ1) is 14.6. The predicted molar refractivity (Wildman–Crippen MR) is 116 cm³/mol. The number of nitrogens with zero attached hydrogens (tertiary/aromatic N) is 4. The van der Waals surface area contributed by atoms with Crippen molar-refractivity contribution in [2.45, 2.75) is 50.9 Å². The second kappa shape index (κ2) is 10.4. The largest absolute Gasteiger partial charge is 0.379 e. The lowest BCUT2D eigenvalue weighted by molar-refractivity contribution is -0.383. The second-order valence-electron chi connectivity index (χ2n) is 7.56. The Kier molecular flexibility index (Phi) is 7.40. The second-order valence-corrected chi connectivity index (χ2v) is 7.56. The number of anilines is 1. The highest BCUT2D eigenvalue weighted by Crippen LogP contribution is 2.35. The fourth-order valence-corrected chi connectivity index (χ4v) is 4.18. The maximum atomic E-state index is 11.4. The van der Waals surface area contributed by atoms with Crippen LogP contribution in [0.1, 0.15) is 54.7 Å². The van der Waals surface area contributed by atoms with E-state index < -0.39 is 4.92 Å². The van der Waals surface area contributed by atoms with E-state index in [1.54, 1.807) is 12.1 Å². The van der Waals surface area contributed by atoms with E-state index >= 15 is 0 Å². The van der Waals surface area contributed by atoms with Crippen LogP contribution < -0.4 is 5.32 Å². The Balaban J connectivity index is 1.77. The molecule has 1 aliphatic carbocycles. The van der Waals surface area contributed by atoms with E-state index in [2.05, 4.69) is 27.5 Å². The van der Waals surface area contributed by atoms with Crippen LogP contribution in [-0.4, -0.2) is 17.8 Å². The summed E-state index contributed by atoms with van der Waals surface area (Å²) >= 11 is 0. The molecule has 3 rings (SSSR count). The first kappa shape index (κ1) is 21.3. The topological polar surface area (TPSA) is 121 Å². The zero-order chi connectivity index (χ0) is 21.3. The van der Waals surface area contributed by atoms with Crippen molar-refractivity contribution in [1.29, 1.82) is 0 Å². The Morgan fingerprint density at radius 3 is 2.70 bits per heavy atom. The zero-order valence-electron chi connectivity index (χ0n) is 16.8. The van der Waals surface area contributed by atoms with Crippen LogP contribution in [0.25, 0.3) is 10.4 Å². The lowest BCUT2D eigenvalue weighted by Gasteiger charge is -2.25. The van der Waals surface area contributed by atoms with Gasteiger partial charge in [-0.3, -0.25) is 10.1 Å². The summed E-state index contributed by atoms with van der Waals surface area (Å²) in [5, 5.41) is 18.0. The molecule has 2 aromatic carbocycles. The summed E-state index contributed by atoms with van der Waals surface area (Å²) in [5.74, 6) is 0.538. The van der Waals surface area contributed by atoms with Crippen molar-refractivity contribution >= 4 is 23.3 Å². The smallest absolute Gasteiger partial charge is 0.292 e. The third-order valence-electron chi connectivity index (χ3n) is 5.62. The quantitative estimate of drug-likeness (QED) is 0.137. The minimum Gasteiger partial charge on any atom is -0.379 e. The molecule has 1 fully saturated rings. The highest BCUT2D eigenvalue weighted by molar-refractivity contribution is 5.66. The number of nitro groups is 1. The number of nitrogens with one attached hydrogen (secondary N) is 1. The third-order valence-corrected chi connectivity index (χ3v) is 5.62. The van der Waals surface area contributed by atoms with E-state index in [0.29, 0.717) is 31.0 Å². The summed E-state index contributed by atoms with van der Waals surface area (Å²) in [6.07, 6.45) is 8.12. The van der Waals surface area contributed by atoms with Crippen LogP contribution in [0.3, 0.4) is 0 Å². The van der Waals surface area contributed by atoms with Gasteiger partial charge in [0.25, 0.3) is 5.69 Å². The van der Waals surface area contributed by atoms with Crippen LogP contribution >= 0.6 is 0 Å². The normalized spacial score (nSPS) is 14.0. The monoisotopic (exact) mass is 407 g/mol. The lowest BCUT2D eigenvalue weighted by Crippen LogP contribution is -2.12. The summed E-state index contributed by atoms with van der Waals surface area (Å²) in [5.41, 5.74) is 12.5. The molecule has 0 heterocycles. The molecule has 0 aliphatic heterocycles. The Bertz CT molecular complexity index is 963. The highest BCUT2D eigenvalue weighted by atomic mass is 16.6. The van der Waals surface area contributed by atoms with Gasteiger partial charge in [0.2, 0.25) is 0 Å². The van der Waals surface area contributed by atoms with Gasteiger partial charge >= 0.3 is 0 Å². The summed E-state index contributed by atoms with van der Waals surface area (Å²) < 4.78 is 0. The first-order valence-corrected chi connectivity index (χ1v) is 10.2. The molecule has 1 N–H and O–H groups in total. The number of hydrogen-bond donors (Lipinski definition) is 1. The first-order valence-electron chi connectivity index (χ1n) is 10.2. The maximum Gasteiger partial charge on any atom is 0.292 e. The molecule has 0 aromatic heterocycles. The van der Waals surface area contributed by atoms with Crippen LogP contribution in [0, 0.1) is 10.1 Å². The van der Waals surface area contributed by atoms with Gasteiger partial charge in [-0.1, -0.05) is 48.6 Å². The molecule has 0 spiro atoms. The van der Waals surface area contributed by atoms with Crippen LogP contribution in [0.5, 0.6) is 0 Å². The van der Waals surface area contributed by atoms with Crippen molar-refractivity contribution in [3.63, 3.8) is 0 Å². The Morgan fingerprint density at radius 1 is 1.20 bits per heavy atom.